The van der Waals surface area contributed by atoms with Crippen molar-refractivity contribution in [2.75, 3.05) is 6.61 Å². The Kier molecular flexibility index (Phi) is 10.6. The Morgan fingerprint density at radius 3 is 2.22 bits per heavy atom. The topological polar surface area (TPSA) is 140 Å². The van der Waals surface area contributed by atoms with Crippen LogP contribution in [-0.2, 0) is 35.2 Å². The van der Waals surface area contributed by atoms with E-state index in [9.17, 15) is 19.2 Å². The van der Waals surface area contributed by atoms with Gasteiger partial charge in [0.25, 0.3) is 0 Å². The number of hydrogen-bond donors (Lipinski definition) is 3. The number of ether oxygens (including phenoxy) is 3. The van der Waals surface area contributed by atoms with Gasteiger partial charge < -0.3 is 30.0 Å². The minimum atomic E-state index is -1.43. The molecule has 0 aliphatic rings. The SMILES string of the molecule is CCOC(=O)[C@H](CC(=O)O)NC(=O)[C@@H](NC(=O)OC(C)(C)C)[C@@H](C)OCc1ccccc1. The first kappa shape index (κ1) is 26.9. The Labute approximate surface area is 187 Å². The highest BCUT2D eigenvalue weighted by atomic mass is 16.6. The van der Waals surface area contributed by atoms with Crippen LogP contribution in [0.2, 0.25) is 0 Å². The molecule has 1 aromatic rings. The fourth-order valence-corrected chi connectivity index (χ4v) is 2.60. The quantitative estimate of drug-likeness (QED) is 0.433. The lowest BCUT2D eigenvalue weighted by Crippen LogP contribution is -2.57. The number of aliphatic carboxylic acids is 1. The lowest BCUT2D eigenvalue weighted by atomic mass is 10.1. The molecule has 0 bridgehead atoms. The first-order chi connectivity index (χ1) is 14.9. The van der Waals surface area contributed by atoms with Crippen molar-refractivity contribution in [3.63, 3.8) is 0 Å². The van der Waals surface area contributed by atoms with Gasteiger partial charge in [-0.05, 0) is 40.2 Å². The van der Waals surface area contributed by atoms with Crippen LogP contribution < -0.4 is 10.6 Å². The molecular formula is C22H32N2O8. The zero-order valence-electron chi connectivity index (χ0n) is 19.0. The van der Waals surface area contributed by atoms with Crippen LogP contribution in [0.4, 0.5) is 4.79 Å². The maximum Gasteiger partial charge on any atom is 0.408 e. The van der Waals surface area contributed by atoms with Crippen LogP contribution in [0.15, 0.2) is 30.3 Å². The van der Waals surface area contributed by atoms with Crippen LogP contribution in [-0.4, -0.2) is 59.4 Å². The third kappa shape index (κ3) is 10.3. The van der Waals surface area contributed by atoms with Gasteiger partial charge in [0.15, 0.2) is 0 Å². The molecule has 2 amide bonds. The van der Waals surface area contributed by atoms with E-state index < -0.39 is 54.1 Å². The first-order valence-corrected chi connectivity index (χ1v) is 10.3. The molecule has 0 aromatic heterocycles. The Morgan fingerprint density at radius 2 is 1.69 bits per heavy atom. The number of benzene rings is 1. The maximum absolute atomic E-state index is 12.9. The van der Waals surface area contributed by atoms with Gasteiger partial charge >= 0.3 is 18.0 Å². The Hall–Kier alpha value is -3.14. The Balaban J connectivity index is 2.99. The van der Waals surface area contributed by atoms with Gasteiger partial charge in [0.05, 0.1) is 25.7 Å². The molecule has 0 aliphatic carbocycles. The minimum absolute atomic E-state index is 0.0149. The van der Waals surface area contributed by atoms with Gasteiger partial charge in [-0.2, -0.15) is 0 Å². The van der Waals surface area contributed by atoms with Crippen LogP contribution in [0.5, 0.6) is 0 Å². The molecule has 0 saturated carbocycles. The molecule has 0 saturated heterocycles. The number of alkyl carbamates (subject to hydrolysis) is 1. The number of carboxylic acids is 1. The van der Waals surface area contributed by atoms with Crippen molar-refractivity contribution in [3.05, 3.63) is 35.9 Å². The molecule has 10 heteroatoms. The Bertz CT molecular complexity index is 776. The molecule has 0 unspecified atom stereocenters. The van der Waals surface area contributed by atoms with Gasteiger partial charge in [0, 0.05) is 0 Å². The van der Waals surface area contributed by atoms with Gasteiger partial charge in [-0.25, -0.2) is 9.59 Å². The minimum Gasteiger partial charge on any atom is -0.481 e. The third-order valence-electron chi connectivity index (χ3n) is 4.05. The van der Waals surface area contributed by atoms with Crippen LogP contribution >= 0.6 is 0 Å². The predicted octanol–water partition coefficient (Wildman–Crippen LogP) is 2.01. The van der Waals surface area contributed by atoms with Crippen molar-refractivity contribution in [1.29, 1.82) is 0 Å². The van der Waals surface area contributed by atoms with Crippen molar-refractivity contribution in [2.24, 2.45) is 0 Å². The molecule has 0 spiro atoms. The highest BCUT2D eigenvalue weighted by Crippen LogP contribution is 2.11. The number of amides is 2. The summed E-state index contributed by atoms with van der Waals surface area (Å²) in [5.74, 6) is -3.00. The summed E-state index contributed by atoms with van der Waals surface area (Å²) in [4.78, 5) is 48.4. The van der Waals surface area contributed by atoms with E-state index >= 15 is 0 Å². The summed E-state index contributed by atoms with van der Waals surface area (Å²) < 4.78 is 15.8. The zero-order valence-corrected chi connectivity index (χ0v) is 19.0. The van der Waals surface area contributed by atoms with Crippen molar-refractivity contribution in [2.45, 2.75) is 71.4 Å². The molecule has 0 radical (unpaired) electrons. The number of carbonyl (C=O) groups is 4. The second kappa shape index (κ2) is 12.7. The van der Waals surface area contributed by atoms with Gasteiger partial charge in [0.1, 0.15) is 17.7 Å². The van der Waals surface area contributed by atoms with E-state index in [4.69, 9.17) is 19.3 Å². The van der Waals surface area contributed by atoms with Crippen LogP contribution in [0.3, 0.4) is 0 Å². The summed E-state index contributed by atoms with van der Waals surface area (Å²) in [5, 5.41) is 13.8. The number of esters is 1. The second-order valence-electron chi connectivity index (χ2n) is 8.04. The summed E-state index contributed by atoms with van der Waals surface area (Å²) in [5.41, 5.74) is 0.0433. The summed E-state index contributed by atoms with van der Waals surface area (Å²) in [7, 11) is 0. The van der Waals surface area contributed by atoms with Gasteiger partial charge in [-0.3, -0.25) is 9.59 Å². The van der Waals surface area contributed by atoms with E-state index in [1.807, 2.05) is 30.3 Å². The molecule has 32 heavy (non-hydrogen) atoms. The normalized spacial score (nSPS) is 13.9. The highest BCUT2D eigenvalue weighted by Gasteiger charge is 2.33. The molecule has 1 rings (SSSR count). The number of carbonyl (C=O) groups excluding carboxylic acids is 3. The van der Waals surface area contributed by atoms with Crippen LogP contribution in [0.1, 0.15) is 46.6 Å². The Morgan fingerprint density at radius 1 is 1.06 bits per heavy atom. The van der Waals surface area contributed by atoms with Crippen molar-refractivity contribution >= 4 is 23.9 Å². The van der Waals surface area contributed by atoms with E-state index in [1.54, 1.807) is 34.6 Å². The molecule has 3 atom stereocenters. The summed E-state index contributed by atoms with van der Waals surface area (Å²) in [6, 6.07) is 6.51. The van der Waals surface area contributed by atoms with Crippen molar-refractivity contribution < 1.29 is 38.5 Å². The molecule has 10 nitrogen and oxygen atoms in total. The first-order valence-electron chi connectivity index (χ1n) is 10.3. The third-order valence-corrected chi connectivity index (χ3v) is 4.05. The summed E-state index contributed by atoms with van der Waals surface area (Å²) in [6.45, 7) is 8.31. The molecule has 178 valence electrons. The van der Waals surface area contributed by atoms with E-state index in [0.29, 0.717) is 0 Å². The number of nitrogens with one attached hydrogen (secondary N) is 2. The van der Waals surface area contributed by atoms with Gasteiger partial charge in [-0.1, -0.05) is 30.3 Å². The van der Waals surface area contributed by atoms with E-state index in [2.05, 4.69) is 10.6 Å². The second-order valence-corrected chi connectivity index (χ2v) is 8.04. The highest BCUT2D eigenvalue weighted by molar-refractivity contribution is 5.91. The predicted molar refractivity (Wildman–Crippen MR) is 115 cm³/mol. The molecular weight excluding hydrogens is 420 g/mol. The summed E-state index contributed by atoms with van der Waals surface area (Å²) in [6.07, 6.45) is -2.38. The van der Waals surface area contributed by atoms with E-state index in [1.165, 1.54) is 0 Å². The maximum atomic E-state index is 12.9. The number of rotatable bonds is 11. The fourth-order valence-electron chi connectivity index (χ4n) is 2.60. The molecule has 0 heterocycles. The molecule has 1 aromatic carbocycles. The molecule has 3 N–H and O–H groups in total. The van der Waals surface area contributed by atoms with Gasteiger partial charge in [-0.15, -0.1) is 0 Å². The molecule has 0 fully saturated rings. The largest absolute Gasteiger partial charge is 0.481 e. The fraction of sp³-hybridized carbons (Fsp3) is 0.545. The zero-order chi connectivity index (χ0) is 24.3. The lowest BCUT2D eigenvalue weighted by Gasteiger charge is -2.28. The summed E-state index contributed by atoms with van der Waals surface area (Å²) >= 11 is 0. The standard InChI is InChI=1S/C22H32N2O8/c1-6-30-20(28)16(12-17(25)26)23-19(27)18(24-21(29)32-22(3,4)5)14(2)31-13-15-10-8-7-9-11-15/h7-11,14,16,18H,6,12-13H2,1-5H3,(H,23,27)(H,24,29)(H,25,26)/t14-,16+,18+/m1/s1. The smallest absolute Gasteiger partial charge is 0.408 e. The van der Waals surface area contributed by atoms with Crippen LogP contribution in [0, 0.1) is 0 Å². The van der Waals surface area contributed by atoms with Gasteiger partial charge in [0.2, 0.25) is 5.91 Å². The van der Waals surface area contributed by atoms with Crippen LogP contribution in [0.25, 0.3) is 0 Å². The average Bonchev–Trinajstić information content (AvgIpc) is 2.69. The van der Waals surface area contributed by atoms with E-state index in [0.717, 1.165) is 5.56 Å². The average molecular weight is 453 g/mol. The number of carboxylic acid groups (broad SMARTS) is 1. The van der Waals surface area contributed by atoms with Crippen molar-refractivity contribution in [3.8, 4) is 0 Å². The number of hydrogen-bond acceptors (Lipinski definition) is 7. The molecule has 0 aliphatic heterocycles. The van der Waals surface area contributed by atoms with E-state index in [-0.39, 0.29) is 13.2 Å². The van der Waals surface area contributed by atoms with Crippen molar-refractivity contribution in [1.82, 2.24) is 10.6 Å². The monoisotopic (exact) mass is 452 g/mol. The lowest BCUT2D eigenvalue weighted by molar-refractivity contribution is -0.151.